The van der Waals surface area contributed by atoms with Gasteiger partial charge < -0.3 is 10.5 Å². The highest BCUT2D eigenvalue weighted by Gasteiger charge is 2.08. The Balaban J connectivity index is 2.35. The number of nitrogens with zero attached hydrogens (tertiary/aromatic N) is 3. The van der Waals surface area contributed by atoms with E-state index in [1.165, 1.54) is 12.3 Å². The molecule has 5 nitrogen and oxygen atoms in total. The maximum absolute atomic E-state index is 8.87. The molecule has 0 saturated heterocycles. The molecule has 0 atom stereocenters. The van der Waals surface area contributed by atoms with Crippen LogP contribution < -0.4 is 10.5 Å². The second-order valence-electron chi connectivity index (χ2n) is 3.15. The second-order valence-corrected chi connectivity index (χ2v) is 4.06. The van der Waals surface area contributed by atoms with Gasteiger partial charge in [-0.25, -0.2) is 0 Å². The lowest BCUT2D eigenvalue weighted by atomic mass is 10.3. The summed E-state index contributed by atoms with van der Waals surface area (Å²) < 4.78 is 6.29. The van der Waals surface area contributed by atoms with Gasteiger partial charge in [0.25, 0.3) is 5.88 Å². The molecule has 2 N–H and O–H groups in total. The largest absolute Gasteiger partial charge is 0.434 e. The first kappa shape index (κ1) is 11.4. The van der Waals surface area contributed by atoms with Crippen LogP contribution in [0.2, 0.25) is 0 Å². The number of anilines is 1. The van der Waals surface area contributed by atoms with Crippen LogP contribution in [0.15, 0.2) is 34.9 Å². The highest BCUT2D eigenvalue weighted by atomic mass is 79.9. The quantitative estimate of drug-likeness (QED) is 0.859. The molecule has 84 valence electrons. The molecule has 0 fully saturated rings. The molecule has 17 heavy (non-hydrogen) atoms. The van der Waals surface area contributed by atoms with Crippen molar-refractivity contribution in [3.05, 3.63) is 40.5 Å². The maximum Gasteiger partial charge on any atom is 0.257 e. The van der Waals surface area contributed by atoms with E-state index >= 15 is 0 Å². The molecule has 6 heteroatoms. The fourth-order valence-corrected chi connectivity index (χ4v) is 1.57. The number of ether oxygens (including phenoxy) is 1. The first-order valence-electron chi connectivity index (χ1n) is 4.65. The van der Waals surface area contributed by atoms with Crippen molar-refractivity contribution >= 4 is 21.6 Å². The fraction of sp³-hybridized carbons (Fsp3) is 0. The topological polar surface area (TPSA) is 84.8 Å². The number of aromatic nitrogens is 2. The number of rotatable bonds is 2. The van der Waals surface area contributed by atoms with Gasteiger partial charge in [-0.15, -0.1) is 5.10 Å². The summed E-state index contributed by atoms with van der Waals surface area (Å²) in [6.45, 7) is 0. The van der Waals surface area contributed by atoms with Crippen LogP contribution in [0.5, 0.6) is 11.6 Å². The summed E-state index contributed by atoms with van der Waals surface area (Å²) in [6.07, 6.45) is 1.43. The van der Waals surface area contributed by atoms with Crippen LogP contribution in [0.3, 0.4) is 0 Å². The first-order valence-corrected chi connectivity index (χ1v) is 5.44. The van der Waals surface area contributed by atoms with E-state index in [4.69, 9.17) is 15.7 Å². The summed E-state index contributed by atoms with van der Waals surface area (Å²) in [5.74, 6) is 0.578. The van der Waals surface area contributed by atoms with Gasteiger partial charge in [-0.2, -0.15) is 10.4 Å². The zero-order valence-electron chi connectivity index (χ0n) is 8.59. The van der Waals surface area contributed by atoms with Crippen LogP contribution in [0, 0.1) is 11.3 Å². The number of hydrogen-bond acceptors (Lipinski definition) is 5. The second kappa shape index (κ2) is 4.80. The molecule has 0 aliphatic heterocycles. The van der Waals surface area contributed by atoms with Crippen molar-refractivity contribution in [1.29, 1.82) is 5.26 Å². The van der Waals surface area contributed by atoms with Crippen LogP contribution in [-0.2, 0) is 0 Å². The predicted octanol–water partition coefficient (Wildman–Crippen LogP) is 2.49. The van der Waals surface area contributed by atoms with Crippen molar-refractivity contribution in [3.8, 4) is 17.7 Å². The molecule has 0 saturated carbocycles. The molecule has 0 spiro atoms. The average Bonchev–Trinajstić information content (AvgIpc) is 2.33. The molecular weight excluding hydrogens is 284 g/mol. The van der Waals surface area contributed by atoms with Crippen molar-refractivity contribution < 1.29 is 4.74 Å². The molecule has 1 aromatic carbocycles. The van der Waals surface area contributed by atoms with Gasteiger partial charge in [0.1, 0.15) is 11.6 Å². The predicted molar refractivity (Wildman–Crippen MR) is 65.4 cm³/mol. The highest BCUT2D eigenvalue weighted by Crippen LogP contribution is 2.29. The maximum atomic E-state index is 8.87. The van der Waals surface area contributed by atoms with Crippen LogP contribution in [0.1, 0.15) is 5.56 Å². The van der Waals surface area contributed by atoms with E-state index in [-0.39, 0.29) is 5.88 Å². The first-order chi connectivity index (χ1) is 8.20. The Kier molecular flexibility index (Phi) is 3.21. The van der Waals surface area contributed by atoms with E-state index in [2.05, 4.69) is 26.1 Å². The van der Waals surface area contributed by atoms with Crippen LogP contribution in [-0.4, -0.2) is 10.2 Å². The van der Waals surface area contributed by atoms with Gasteiger partial charge in [0.15, 0.2) is 5.75 Å². The number of nitrogen functional groups attached to an aromatic ring is 1. The summed E-state index contributed by atoms with van der Waals surface area (Å²) >= 11 is 3.29. The average molecular weight is 291 g/mol. The van der Waals surface area contributed by atoms with Gasteiger partial charge in [-0.1, -0.05) is 15.9 Å². The molecule has 0 aliphatic rings. The number of hydrogen-bond donors (Lipinski definition) is 1. The van der Waals surface area contributed by atoms with Gasteiger partial charge in [0.2, 0.25) is 0 Å². The van der Waals surface area contributed by atoms with E-state index in [1.54, 1.807) is 18.2 Å². The third-order valence-electron chi connectivity index (χ3n) is 1.99. The molecule has 0 unspecified atom stereocenters. The van der Waals surface area contributed by atoms with Crippen LogP contribution in [0.4, 0.5) is 5.69 Å². The lowest BCUT2D eigenvalue weighted by Gasteiger charge is -2.07. The van der Waals surface area contributed by atoms with E-state index in [1.807, 2.05) is 6.07 Å². The monoisotopic (exact) mass is 290 g/mol. The number of nitrogens with two attached hydrogens (primary N) is 1. The molecule has 2 aromatic rings. The van der Waals surface area contributed by atoms with Crippen molar-refractivity contribution in [3.63, 3.8) is 0 Å². The Morgan fingerprint density at radius 3 is 2.88 bits per heavy atom. The smallest absolute Gasteiger partial charge is 0.257 e. The van der Waals surface area contributed by atoms with Gasteiger partial charge in [-0.3, -0.25) is 0 Å². The van der Waals surface area contributed by atoms with E-state index < -0.39 is 0 Å². The third-order valence-corrected chi connectivity index (χ3v) is 2.48. The van der Waals surface area contributed by atoms with Gasteiger partial charge >= 0.3 is 0 Å². The summed E-state index contributed by atoms with van der Waals surface area (Å²) in [5, 5.41) is 16.3. The van der Waals surface area contributed by atoms with Gasteiger partial charge in [0.05, 0.1) is 11.9 Å². The Labute approximate surface area is 106 Å². The van der Waals surface area contributed by atoms with Crippen molar-refractivity contribution in [2.24, 2.45) is 0 Å². The minimum atomic E-state index is 0.143. The molecule has 0 radical (unpaired) electrons. The Morgan fingerprint density at radius 1 is 1.35 bits per heavy atom. The number of benzene rings is 1. The summed E-state index contributed by atoms with van der Waals surface area (Å²) in [6, 6.07) is 8.68. The zero-order valence-corrected chi connectivity index (χ0v) is 10.2. The summed E-state index contributed by atoms with van der Waals surface area (Å²) in [7, 11) is 0. The van der Waals surface area contributed by atoms with E-state index in [9.17, 15) is 0 Å². The van der Waals surface area contributed by atoms with Gasteiger partial charge in [0, 0.05) is 4.47 Å². The highest BCUT2D eigenvalue weighted by molar-refractivity contribution is 9.10. The molecule has 0 amide bonds. The molecule has 0 bridgehead atoms. The standard InChI is InChI=1S/C11H7BrN4O/c12-8-1-2-10(9(14)5-8)17-11-7(6-13)3-4-15-16-11/h1-5H,14H2. The van der Waals surface area contributed by atoms with Crippen LogP contribution in [0.25, 0.3) is 0 Å². The summed E-state index contributed by atoms with van der Waals surface area (Å²) in [4.78, 5) is 0. The summed E-state index contributed by atoms with van der Waals surface area (Å²) in [5.41, 5.74) is 6.54. The number of nitriles is 1. The Morgan fingerprint density at radius 2 is 2.18 bits per heavy atom. The number of halogens is 1. The van der Waals surface area contributed by atoms with Crippen molar-refractivity contribution in [2.45, 2.75) is 0 Å². The zero-order chi connectivity index (χ0) is 12.3. The fourth-order valence-electron chi connectivity index (χ4n) is 1.20. The molecular formula is C11H7BrN4O. The normalized spacial score (nSPS) is 9.65. The van der Waals surface area contributed by atoms with Gasteiger partial charge in [-0.05, 0) is 24.3 Å². The minimum absolute atomic E-state index is 0.143. The Hall–Kier alpha value is -2.13. The minimum Gasteiger partial charge on any atom is -0.434 e. The Bertz CT molecular complexity index is 594. The van der Waals surface area contributed by atoms with E-state index in [0.29, 0.717) is 17.0 Å². The molecule has 1 aromatic heterocycles. The molecule has 1 heterocycles. The molecule has 0 aliphatic carbocycles. The van der Waals surface area contributed by atoms with Crippen LogP contribution >= 0.6 is 15.9 Å². The lowest BCUT2D eigenvalue weighted by molar-refractivity contribution is 0.455. The molecule has 2 rings (SSSR count). The lowest BCUT2D eigenvalue weighted by Crippen LogP contribution is -1.96. The van der Waals surface area contributed by atoms with E-state index in [0.717, 1.165) is 4.47 Å². The SMILES string of the molecule is N#Cc1ccnnc1Oc1ccc(Br)cc1N. The van der Waals surface area contributed by atoms with Crippen molar-refractivity contribution in [2.75, 3.05) is 5.73 Å². The van der Waals surface area contributed by atoms with Crippen molar-refractivity contribution in [1.82, 2.24) is 10.2 Å². The third kappa shape index (κ3) is 2.52.